The summed E-state index contributed by atoms with van der Waals surface area (Å²) in [5.74, 6) is 0.0731. The van der Waals surface area contributed by atoms with Gasteiger partial charge in [-0.15, -0.1) is 0 Å². The molecule has 15 heavy (non-hydrogen) atoms. The van der Waals surface area contributed by atoms with Crippen LogP contribution in [0.2, 0.25) is 0 Å². The molecule has 1 unspecified atom stereocenters. The third kappa shape index (κ3) is 7.70. The number of hydrogen-bond donors (Lipinski definition) is 2. The van der Waals surface area contributed by atoms with Crippen molar-refractivity contribution in [1.29, 1.82) is 0 Å². The van der Waals surface area contributed by atoms with Crippen molar-refractivity contribution in [2.45, 2.75) is 32.7 Å². The number of aliphatic hydroxyl groups excluding tert-OH is 1. The predicted molar refractivity (Wildman–Crippen MR) is 57.8 cm³/mol. The van der Waals surface area contributed by atoms with E-state index in [1.54, 1.807) is 0 Å². The summed E-state index contributed by atoms with van der Waals surface area (Å²) < 4.78 is 36.9. The number of sulfonamides is 1. The maximum absolute atomic E-state index is 11.8. The minimum absolute atomic E-state index is 0.00480. The summed E-state index contributed by atoms with van der Waals surface area (Å²) in [4.78, 5) is 0. The fourth-order valence-corrected chi connectivity index (χ4v) is 2.57. The number of hydrogen-bond acceptors (Lipinski definition) is 3. The molecule has 0 aromatic rings. The Morgan fingerprint density at radius 3 is 2.40 bits per heavy atom. The smallest absolute Gasteiger partial charge is 0.212 e. The van der Waals surface area contributed by atoms with E-state index in [1.807, 2.05) is 13.8 Å². The second-order valence-electron chi connectivity index (χ2n) is 3.99. The molecule has 1 atom stereocenters. The van der Waals surface area contributed by atoms with E-state index in [-0.39, 0.29) is 18.8 Å². The minimum atomic E-state index is -3.45. The van der Waals surface area contributed by atoms with E-state index >= 15 is 0 Å². The van der Waals surface area contributed by atoms with Crippen LogP contribution < -0.4 is 4.72 Å². The van der Waals surface area contributed by atoms with Crippen molar-refractivity contribution in [2.24, 2.45) is 5.92 Å². The molecule has 0 rings (SSSR count). The van der Waals surface area contributed by atoms with Crippen molar-refractivity contribution >= 4 is 10.0 Å². The molecular formula is C9H20FNO3S. The van der Waals surface area contributed by atoms with Gasteiger partial charge in [-0.25, -0.2) is 13.1 Å². The Bertz CT molecular complexity index is 254. The summed E-state index contributed by atoms with van der Waals surface area (Å²) in [5.41, 5.74) is 0. The van der Waals surface area contributed by atoms with Gasteiger partial charge in [-0.05, 0) is 18.8 Å². The van der Waals surface area contributed by atoms with Crippen LogP contribution in [0.5, 0.6) is 0 Å². The summed E-state index contributed by atoms with van der Waals surface area (Å²) in [6, 6.07) is -0.463. The van der Waals surface area contributed by atoms with Crippen molar-refractivity contribution in [1.82, 2.24) is 4.72 Å². The number of nitrogens with one attached hydrogen (secondary N) is 1. The lowest BCUT2D eigenvalue weighted by Crippen LogP contribution is -2.39. The van der Waals surface area contributed by atoms with Crippen molar-refractivity contribution in [3.8, 4) is 0 Å². The van der Waals surface area contributed by atoms with Crippen molar-refractivity contribution in [3.05, 3.63) is 0 Å². The van der Waals surface area contributed by atoms with E-state index in [9.17, 15) is 12.8 Å². The van der Waals surface area contributed by atoms with Gasteiger partial charge < -0.3 is 5.11 Å². The normalized spacial score (nSPS) is 14.5. The van der Waals surface area contributed by atoms with Crippen LogP contribution in [0, 0.1) is 5.92 Å². The molecule has 0 saturated heterocycles. The highest BCUT2D eigenvalue weighted by Gasteiger charge is 2.17. The zero-order valence-electron chi connectivity index (χ0n) is 9.24. The van der Waals surface area contributed by atoms with Gasteiger partial charge >= 0.3 is 0 Å². The largest absolute Gasteiger partial charge is 0.395 e. The van der Waals surface area contributed by atoms with Crippen molar-refractivity contribution < 1.29 is 17.9 Å². The molecule has 0 aromatic heterocycles. The number of aliphatic hydroxyl groups is 1. The van der Waals surface area contributed by atoms with Gasteiger partial charge in [0.2, 0.25) is 10.0 Å². The average molecular weight is 241 g/mol. The number of rotatable bonds is 8. The first kappa shape index (κ1) is 14.8. The molecule has 0 aromatic carbocycles. The molecule has 0 fully saturated rings. The zero-order valence-corrected chi connectivity index (χ0v) is 10.1. The minimum Gasteiger partial charge on any atom is -0.395 e. The first-order valence-corrected chi connectivity index (χ1v) is 6.73. The summed E-state index contributed by atoms with van der Waals surface area (Å²) >= 11 is 0. The van der Waals surface area contributed by atoms with E-state index in [0.717, 1.165) is 0 Å². The SMILES string of the molecule is CC(C)CC(CO)NS(=O)(=O)CCCF. The van der Waals surface area contributed by atoms with E-state index in [4.69, 9.17) is 5.11 Å². The Morgan fingerprint density at radius 1 is 1.40 bits per heavy atom. The van der Waals surface area contributed by atoms with Crippen LogP contribution in [-0.2, 0) is 10.0 Å². The fraction of sp³-hybridized carbons (Fsp3) is 1.00. The second-order valence-corrected chi connectivity index (χ2v) is 5.86. The van der Waals surface area contributed by atoms with Crippen molar-refractivity contribution in [3.63, 3.8) is 0 Å². The Kier molecular flexibility index (Phi) is 7.04. The summed E-state index contributed by atoms with van der Waals surface area (Å²) in [5, 5.41) is 8.96. The molecule has 6 heteroatoms. The van der Waals surface area contributed by atoms with Crippen LogP contribution >= 0.6 is 0 Å². The van der Waals surface area contributed by atoms with E-state index in [0.29, 0.717) is 12.3 Å². The Balaban J connectivity index is 4.15. The van der Waals surface area contributed by atoms with Gasteiger partial charge in [-0.2, -0.15) is 0 Å². The summed E-state index contributed by atoms with van der Waals surface area (Å²) in [7, 11) is -3.45. The molecule has 0 heterocycles. The summed E-state index contributed by atoms with van der Waals surface area (Å²) in [6.07, 6.45) is 0.570. The monoisotopic (exact) mass is 241 g/mol. The highest BCUT2D eigenvalue weighted by atomic mass is 32.2. The van der Waals surface area contributed by atoms with Gasteiger partial charge in [-0.3, -0.25) is 4.39 Å². The van der Waals surface area contributed by atoms with E-state index < -0.39 is 22.7 Å². The van der Waals surface area contributed by atoms with Crippen LogP contribution in [0.4, 0.5) is 4.39 Å². The third-order valence-electron chi connectivity index (χ3n) is 1.87. The first-order chi connectivity index (χ1) is 6.91. The Hall–Kier alpha value is -0.200. The second kappa shape index (κ2) is 7.14. The molecule has 2 N–H and O–H groups in total. The number of halogens is 1. The molecule has 0 radical (unpaired) electrons. The lowest BCUT2D eigenvalue weighted by Gasteiger charge is -2.17. The quantitative estimate of drug-likeness (QED) is 0.656. The highest BCUT2D eigenvalue weighted by molar-refractivity contribution is 7.89. The maximum Gasteiger partial charge on any atom is 0.212 e. The van der Waals surface area contributed by atoms with Gasteiger partial charge in [0.15, 0.2) is 0 Å². The highest BCUT2D eigenvalue weighted by Crippen LogP contribution is 2.05. The molecule has 0 aliphatic heterocycles. The molecule has 4 nitrogen and oxygen atoms in total. The van der Waals surface area contributed by atoms with Gasteiger partial charge in [0, 0.05) is 6.04 Å². The topological polar surface area (TPSA) is 66.4 Å². The molecule has 0 aliphatic rings. The zero-order chi connectivity index (χ0) is 11.9. The molecule has 0 aliphatic carbocycles. The molecule has 92 valence electrons. The Morgan fingerprint density at radius 2 is 2.00 bits per heavy atom. The molecular weight excluding hydrogens is 221 g/mol. The van der Waals surface area contributed by atoms with Gasteiger partial charge in [-0.1, -0.05) is 13.8 Å². The molecule has 0 amide bonds. The third-order valence-corrected chi connectivity index (χ3v) is 3.39. The lowest BCUT2D eigenvalue weighted by atomic mass is 10.1. The van der Waals surface area contributed by atoms with Gasteiger partial charge in [0.25, 0.3) is 0 Å². The first-order valence-electron chi connectivity index (χ1n) is 5.08. The fourth-order valence-electron chi connectivity index (χ4n) is 1.29. The molecule has 0 saturated carbocycles. The molecule has 0 spiro atoms. The van der Waals surface area contributed by atoms with E-state index in [2.05, 4.69) is 4.72 Å². The standard InChI is InChI=1S/C9H20FNO3S/c1-8(2)6-9(7-12)11-15(13,14)5-3-4-10/h8-9,11-12H,3-7H2,1-2H3. The van der Waals surface area contributed by atoms with Crippen LogP contribution in [-0.4, -0.2) is 38.6 Å². The maximum atomic E-state index is 11.8. The van der Waals surface area contributed by atoms with Gasteiger partial charge in [0.05, 0.1) is 19.0 Å². The van der Waals surface area contributed by atoms with Crippen LogP contribution in [0.1, 0.15) is 26.7 Å². The average Bonchev–Trinajstić information content (AvgIpc) is 2.12. The van der Waals surface area contributed by atoms with Gasteiger partial charge in [0.1, 0.15) is 0 Å². The van der Waals surface area contributed by atoms with Crippen LogP contribution in [0.15, 0.2) is 0 Å². The lowest BCUT2D eigenvalue weighted by molar-refractivity contribution is 0.240. The van der Waals surface area contributed by atoms with Crippen molar-refractivity contribution in [2.75, 3.05) is 19.0 Å². The number of alkyl halides is 1. The summed E-state index contributed by atoms with van der Waals surface area (Å²) in [6.45, 7) is 3.01. The predicted octanol–water partition coefficient (Wildman–Crippen LogP) is 0.672. The van der Waals surface area contributed by atoms with Crippen LogP contribution in [0.3, 0.4) is 0 Å². The Labute approximate surface area is 90.9 Å². The molecule has 0 bridgehead atoms. The van der Waals surface area contributed by atoms with Crippen LogP contribution in [0.25, 0.3) is 0 Å². The van der Waals surface area contributed by atoms with E-state index in [1.165, 1.54) is 0 Å².